The number of aliphatic hydroxyl groups is 3. The third-order valence-electron chi connectivity index (χ3n) is 11.4. The van der Waals surface area contributed by atoms with Crippen molar-refractivity contribution >= 4 is 11.8 Å². The summed E-state index contributed by atoms with van der Waals surface area (Å²) in [4.78, 5) is 25.3. The summed E-state index contributed by atoms with van der Waals surface area (Å²) in [5, 5.41) is 42.2. The van der Waals surface area contributed by atoms with Crippen LogP contribution in [0.3, 0.4) is 0 Å². The van der Waals surface area contributed by atoms with Gasteiger partial charge in [-0.1, -0.05) is 46.8 Å². The minimum atomic E-state index is -1.31. The quantitative estimate of drug-likeness (QED) is 0.420. The van der Waals surface area contributed by atoms with E-state index in [0.29, 0.717) is 25.0 Å². The van der Waals surface area contributed by atoms with Gasteiger partial charge < -0.3 is 20.4 Å². The summed E-state index contributed by atoms with van der Waals surface area (Å²) >= 11 is 0. The molecule has 4 aliphatic rings. The first-order chi connectivity index (χ1) is 16.4. The van der Waals surface area contributed by atoms with E-state index in [-0.39, 0.29) is 35.0 Å². The largest absolute Gasteiger partial charge is 0.481 e. The molecule has 0 aromatic carbocycles. The lowest BCUT2D eigenvalue weighted by molar-refractivity contribution is -0.149. The van der Waals surface area contributed by atoms with Crippen LogP contribution in [0, 0.1) is 39.4 Å². The molecule has 0 amide bonds. The van der Waals surface area contributed by atoms with Gasteiger partial charge in [0.05, 0.1) is 23.7 Å². The predicted molar refractivity (Wildman–Crippen MR) is 138 cm³/mol. The molecule has 0 aromatic heterocycles. The Morgan fingerprint density at radius 1 is 1.11 bits per heavy atom. The lowest BCUT2D eigenvalue weighted by Crippen LogP contribution is -2.53. The fourth-order valence-corrected chi connectivity index (χ4v) is 8.78. The standard InChI is InChI=1S/C30H46O6/c1-26(2)21-10-9-19-18(28(21,5)14-13-22(26)32)12-15-29(6)24(20(31)16-30(19,29)7)17(25(34)35)8-11-23(33)27(3,4)36/h9,12,17,20-21,23-24,31,33,36H,8,10-11,13-16H2,1-7H3,(H,34,35). The van der Waals surface area contributed by atoms with E-state index < -0.39 is 41.0 Å². The van der Waals surface area contributed by atoms with Gasteiger partial charge in [-0.3, -0.25) is 9.59 Å². The van der Waals surface area contributed by atoms with Crippen molar-refractivity contribution in [1.82, 2.24) is 0 Å². The van der Waals surface area contributed by atoms with Crippen LogP contribution in [0.5, 0.6) is 0 Å². The molecule has 8 atom stereocenters. The average molecular weight is 503 g/mol. The molecule has 0 bridgehead atoms. The normalized spacial score (nSPS) is 41.4. The van der Waals surface area contributed by atoms with Crippen LogP contribution in [0.4, 0.5) is 0 Å². The number of carbonyl (C=O) groups excluding carboxylic acids is 1. The van der Waals surface area contributed by atoms with Crippen LogP contribution in [0.15, 0.2) is 23.3 Å². The Bertz CT molecular complexity index is 1000. The molecule has 0 heterocycles. The monoisotopic (exact) mass is 502 g/mol. The second-order valence-corrected chi connectivity index (χ2v) is 14.0. The molecule has 4 rings (SSSR count). The fourth-order valence-electron chi connectivity index (χ4n) is 8.78. The predicted octanol–water partition coefficient (Wildman–Crippen LogP) is 4.66. The molecule has 4 aliphatic carbocycles. The van der Waals surface area contributed by atoms with Gasteiger partial charge in [-0.05, 0) is 80.3 Å². The highest BCUT2D eigenvalue weighted by molar-refractivity contribution is 5.86. The second-order valence-electron chi connectivity index (χ2n) is 14.0. The van der Waals surface area contributed by atoms with E-state index in [2.05, 4.69) is 46.8 Å². The molecule has 0 spiro atoms. The molecule has 0 saturated heterocycles. The van der Waals surface area contributed by atoms with Crippen molar-refractivity contribution in [2.24, 2.45) is 39.4 Å². The molecule has 2 fully saturated rings. The molecule has 0 aliphatic heterocycles. The van der Waals surface area contributed by atoms with Crippen LogP contribution >= 0.6 is 0 Å². The number of hydrogen-bond acceptors (Lipinski definition) is 5. The van der Waals surface area contributed by atoms with Crippen LogP contribution in [0.2, 0.25) is 0 Å². The summed E-state index contributed by atoms with van der Waals surface area (Å²) in [5.41, 5.74) is -0.120. The van der Waals surface area contributed by atoms with Crippen LogP contribution in [0.1, 0.15) is 93.4 Å². The fraction of sp³-hybridized carbons (Fsp3) is 0.800. The van der Waals surface area contributed by atoms with E-state index in [1.807, 2.05) is 0 Å². The van der Waals surface area contributed by atoms with Gasteiger partial charge in [0.25, 0.3) is 0 Å². The molecule has 0 radical (unpaired) electrons. The number of ketones is 1. The van der Waals surface area contributed by atoms with Crippen LogP contribution in [-0.4, -0.2) is 50.0 Å². The third kappa shape index (κ3) is 3.77. The Morgan fingerprint density at radius 2 is 1.75 bits per heavy atom. The summed E-state index contributed by atoms with van der Waals surface area (Å²) in [6.07, 6.45) is 6.51. The Labute approximate surface area is 215 Å². The van der Waals surface area contributed by atoms with Crippen molar-refractivity contribution in [2.45, 2.75) is 111 Å². The summed E-state index contributed by atoms with van der Waals surface area (Å²) < 4.78 is 0. The maximum atomic E-state index is 12.8. The average Bonchev–Trinajstić information content (AvgIpc) is 2.96. The molecule has 6 nitrogen and oxygen atoms in total. The van der Waals surface area contributed by atoms with Gasteiger partial charge in [0.15, 0.2) is 0 Å². The van der Waals surface area contributed by atoms with Crippen LogP contribution < -0.4 is 0 Å². The van der Waals surface area contributed by atoms with Crippen LogP contribution in [0.25, 0.3) is 0 Å². The zero-order valence-electron chi connectivity index (χ0n) is 23.1. The minimum Gasteiger partial charge on any atom is -0.481 e. The highest BCUT2D eigenvalue weighted by Crippen LogP contribution is 2.71. The van der Waals surface area contributed by atoms with Gasteiger partial charge in [0, 0.05) is 23.2 Å². The first kappa shape index (κ1) is 27.5. The zero-order valence-corrected chi connectivity index (χ0v) is 23.1. The molecule has 0 aromatic rings. The molecule has 8 unspecified atom stereocenters. The smallest absolute Gasteiger partial charge is 0.306 e. The van der Waals surface area contributed by atoms with E-state index in [9.17, 15) is 30.0 Å². The number of aliphatic hydroxyl groups excluding tert-OH is 2. The highest BCUT2D eigenvalue weighted by atomic mass is 16.4. The first-order valence-corrected chi connectivity index (χ1v) is 13.7. The maximum absolute atomic E-state index is 12.8. The van der Waals surface area contributed by atoms with Gasteiger partial charge in [-0.15, -0.1) is 0 Å². The Hall–Kier alpha value is -1.50. The third-order valence-corrected chi connectivity index (χ3v) is 11.4. The summed E-state index contributed by atoms with van der Waals surface area (Å²) in [7, 11) is 0. The molecule has 36 heavy (non-hydrogen) atoms. The molecular formula is C30H46O6. The van der Waals surface area contributed by atoms with Crippen molar-refractivity contribution in [3.63, 3.8) is 0 Å². The van der Waals surface area contributed by atoms with E-state index in [1.54, 1.807) is 0 Å². The SMILES string of the molecule is CC(C)(O)C(O)CCC(C(=O)O)C1C(O)CC2(C)C3=CCC4C(C)(C)C(=O)CCC4(C)C3=CCC12C. The number of carboxylic acids is 1. The van der Waals surface area contributed by atoms with Gasteiger partial charge in [-0.25, -0.2) is 0 Å². The summed E-state index contributed by atoms with van der Waals surface area (Å²) in [5.74, 6) is -1.69. The van der Waals surface area contributed by atoms with Crippen molar-refractivity contribution in [3.8, 4) is 0 Å². The number of allylic oxidation sites excluding steroid dienone is 4. The van der Waals surface area contributed by atoms with E-state index in [4.69, 9.17) is 0 Å². The number of carbonyl (C=O) groups is 2. The number of carboxylic acid groups (broad SMARTS) is 1. The van der Waals surface area contributed by atoms with Gasteiger partial charge in [-0.2, -0.15) is 0 Å². The number of hydrogen-bond donors (Lipinski definition) is 4. The lowest BCUT2D eigenvalue weighted by Gasteiger charge is -2.59. The van der Waals surface area contributed by atoms with E-state index in [1.165, 1.54) is 25.0 Å². The first-order valence-electron chi connectivity index (χ1n) is 13.7. The van der Waals surface area contributed by atoms with Gasteiger partial charge in [0.2, 0.25) is 0 Å². The topological polar surface area (TPSA) is 115 Å². The summed E-state index contributed by atoms with van der Waals surface area (Å²) in [6, 6.07) is 0. The maximum Gasteiger partial charge on any atom is 0.306 e. The highest BCUT2D eigenvalue weighted by Gasteiger charge is 2.66. The Balaban J connectivity index is 1.71. The van der Waals surface area contributed by atoms with E-state index >= 15 is 0 Å². The van der Waals surface area contributed by atoms with Crippen molar-refractivity contribution < 1.29 is 30.0 Å². The van der Waals surface area contributed by atoms with Crippen molar-refractivity contribution in [3.05, 3.63) is 23.3 Å². The Morgan fingerprint density at radius 3 is 2.33 bits per heavy atom. The molecular weight excluding hydrogens is 456 g/mol. The van der Waals surface area contributed by atoms with Crippen molar-refractivity contribution in [2.75, 3.05) is 0 Å². The number of Topliss-reactive ketones (excluding diaryl/α,β-unsaturated/α-hetero) is 1. The summed E-state index contributed by atoms with van der Waals surface area (Å²) in [6.45, 7) is 13.8. The molecule has 2 saturated carbocycles. The minimum absolute atomic E-state index is 0.113. The lowest BCUT2D eigenvalue weighted by atomic mass is 9.44. The molecule has 4 N–H and O–H groups in total. The van der Waals surface area contributed by atoms with E-state index in [0.717, 1.165) is 12.8 Å². The second kappa shape index (κ2) is 8.51. The van der Waals surface area contributed by atoms with Crippen molar-refractivity contribution in [1.29, 1.82) is 0 Å². The molecule has 202 valence electrons. The van der Waals surface area contributed by atoms with Gasteiger partial charge in [0.1, 0.15) is 5.78 Å². The van der Waals surface area contributed by atoms with Gasteiger partial charge >= 0.3 is 5.97 Å². The number of rotatable bonds is 6. The number of aliphatic carboxylic acids is 1. The zero-order chi connectivity index (χ0) is 27.1. The van der Waals surface area contributed by atoms with Crippen LogP contribution in [-0.2, 0) is 9.59 Å². The number of fused-ring (bicyclic) bond motifs is 5. The Kier molecular flexibility index (Phi) is 6.50. The molecule has 6 heteroatoms.